The third-order valence-electron chi connectivity index (χ3n) is 2.27. The SMILES string of the molecule is O=C(NCC(F)(F)F)N1CCC(CO)C1. The third-order valence-corrected chi connectivity index (χ3v) is 2.27. The summed E-state index contributed by atoms with van der Waals surface area (Å²) in [6.07, 6.45) is -3.75. The third kappa shape index (κ3) is 3.94. The van der Waals surface area contributed by atoms with E-state index in [0.29, 0.717) is 19.5 Å². The number of alkyl halides is 3. The Morgan fingerprint density at radius 3 is 2.67 bits per heavy atom. The van der Waals surface area contributed by atoms with Gasteiger partial charge in [-0.3, -0.25) is 0 Å². The number of rotatable bonds is 2. The second kappa shape index (κ2) is 4.69. The van der Waals surface area contributed by atoms with Gasteiger partial charge >= 0.3 is 12.2 Å². The summed E-state index contributed by atoms with van der Waals surface area (Å²) in [4.78, 5) is 12.5. The van der Waals surface area contributed by atoms with Crippen molar-refractivity contribution in [2.75, 3.05) is 26.2 Å². The molecular formula is C8H13F3N2O2. The number of aliphatic hydroxyl groups is 1. The number of nitrogens with zero attached hydrogens (tertiary/aromatic N) is 1. The van der Waals surface area contributed by atoms with Crippen LogP contribution in [-0.2, 0) is 0 Å². The zero-order chi connectivity index (χ0) is 11.5. The molecule has 4 nitrogen and oxygen atoms in total. The minimum Gasteiger partial charge on any atom is -0.396 e. The van der Waals surface area contributed by atoms with Crippen LogP contribution in [0.2, 0.25) is 0 Å². The van der Waals surface area contributed by atoms with Gasteiger partial charge in [0.15, 0.2) is 0 Å². The van der Waals surface area contributed by atoms with Crippen molar-refractivity contribution < 1.29 is 23.1 Å². The van der Waals surface area contributed by atoms with E-state index in [0.717, 1.165) is 0 Å². The molecule has 0 aromatic carbocycles. The van der Waals surface area contributed by atoms with E-state index in [1.54, 1.807) is 5.32 Å². The van der Waals surface area contributed by atoms with Gasteiger partial charge in [0.1, 0.15) is 6.54 Å². The summed E-state index contributed by atoms with van der Waals surface area (Å²) in [5.41, 5.74) is 0. The van der Waals surface area contributed by atoms with Gasteiger partial charge in [0.05, 0.1) is 0 Å². The number of nitrogens with one attached hydrogen (secondary N) is 1. The van der Waals surface area contributed by atoms with Gasteiger partial charge in [-0.1, -0.05) is 0 Å². The summed E-state index contributed by atoms with van der Waals surface area (Å²) in [7, 11) is 0. The average Bonchev–Trinajstić information content (AvgIpc) is 2.61. The molecule has 0 bridgehead atoms. The zero-order valence-electron chi connectivity index (χ0n) is 8.05. The van der Waals surface area contributed by atoms with E-state index in [2.05, 4.69) is 0 Å². The Labute approximate surface area is 85.1 Å². The fourth-order valence-corrected chi connectivity index (χ4v) is 1.45. The van der Waals surface area contributed by atoms with Crippen LogP contribution in [0.3, 0.4) is 0 Å². The lowest BCUT2D eigenvalue weighted by molar-refractivity contribution is -0.123. The maximum atomic E-state index is 11.8. The molecule has 15 heavy (non-hydrogen) atoms. The highest BCUT2D eigenvalue weighted by Gasteiger charge is 2.31. The highest BCUT2D eigenvalue weighted by atomic mass is 19.4. The van der Waals surface area contributed by atoms with E-state index in [1.807, 2.05) is 0 Å². The van der Waals surface area contributed by atoms with Crippen molar-refractivity contribution in [1.82, 2.24) is 10.2 Å². The molecule has 0 spiro atoms. The van der Waals surface area contributed by atoms with Crippen LogP contribution in [0.5, 0.6) is 0 Å². The van der Waals surface area contributed by atoms with Crippen LogP contribution in [0.15, 0.2) is 0 Å². The monoisotopic (exact) mass is 226 g/mol. The smallest absolute Gasteiger partial charge is 0.396 e. The van der Waals surface area contributed by atoms with Gasteiger partial charge in [0, 0.05) is 25.6 Å². The molecule has 1 atom stereocenters. The summed E-state index contributed by atoms with van der Waals surface area (Å²) >= 11 is 0. The number of amides is 2. The van der Waals surface area contributed by atoms with Crippen molar-refractivity contribution in [2.45, 2.75) is 12.6 Å². The number of hydrogen-bond donors (Lipinski definition) is 2. The minimum absolute atomic E-state index is 0.0124. The molecule has 1 fully saturated rings. The van der Waals surface area contributed by atoms with Gasteiger partial charge in [-0.05, 0) is 6.42 Å². The van der Waals surface area contributed by atoms with Crippen LogP contribution < -0.4 is 5.32 Å². The van der Waals surface area contributed by atoms with E-state index in [1.165, 1.54) is 4.90 Å². The number of aliphatic hydroxyl groups excluding tert-OH is 1. The molecule has 1 aliphatic heterocycles. The number of hydrogen-bond acceptors (Lipinski definition) is 2. The molecule has 1 saturated heterocycles. The summed E-state index contributed by atoms with van der Waals surface area (Å²) in [5.74, 6) is -0.0124. The maximum Gasteiger partial charge on any atom is 0.405 e. The van der Waals surface area contributed by atoms with Gasteiger partial charge < -0.3 is 15.3 Å². The van der Waals surface area contributed by atoms with Crippen LogP contribution in [-0.4, -0.2) is 48.5 Å². The van der Waals surface area contributed by atoms with Gasteiger partial charge in [-0.2, -0.15) is 13.2 Å². The number of likely N-dealkylation sites (tertiary alicyclic amines) is 1. The maximum absolute atomic E-state index is 11.8. The molecule has 0 aromatic heterocycles. The molecule has 1 heterocycles. The molecule has 0 aliphatic carbocycles. The molecule has 7 heteroatoms. The quantitative estimate of drug-likeness (QED) is 0.723. The second-order valence-corrected chi connectivity index (χ2v) is 3.56. The average molecular weight is 226 g/mol. The first-order valence-electron chi connectivity index (χ1n) is 4.63. The molecule has 88 valence electrons. The molecule has 0 radical (unpaired) electrons. The standard InChI is InChI=1S/C8H13F3N2O2/c9-8(10,11)5-12-7(15)13-2-1-6(3-13)4-14/h6,14H,1-5H2,(H,12,15). The van der Waals surface area contributed by atoms with Crippen molar-refractivity contribution in [3.63, 3.8) is 0 Å². The predicted octanol–water partition coefficient (Wildman–Crippen LogP) is 0.573. The van der Waals surface area contributed by atoms with Crippen LogP contribution >= 0.6 is 0 Å². The molecule has 0 saturated carbocycles. The van der Waals surface area contributed by atoms with E-state index < -0.39 is 18.8 Å². The number of carbonyl (C=O) groups is 1. The van der Waals surface area contributed by atoms with E-state index in [4.69, 9.17) is 5.11 Å². The Kier molecular flexibility index (Phi) is 3.78. The largest absolute Gasteiger partial charge is 0.405 e. The highest BCUT2D eigenvalue weighted by molar-refractivity contribution is 5.74. The predicted molar refractivity (Wildman–Crippen MR) is 46.2 cm³/mol. The first kappa shape index (κ1) is 12.1. The summed E-state index contributed by atoms with van der Waals surface area (Å²) in [6, 6.07) is -0.719. The fourth-order valence-electron chi connectivity index (χ4n) is 1.45. The summed E-state index contributed by atoms with van der Waals surface area (Å²) in [6.45, 7) is -0.635. The molecule has 0 aromatic rings. The van der Waals surface area contributed by atoms with Crippen LogP contribution in [0.25, 0.3) is 0 Å². The number of carbonyl (C=O) groups excluding carboxylic acids is 1. The van der Waals surface area contributed by atoms with Gasteiger partial charge in [0.2, 0.25) is 0 Å². The van der Waals surface area contributed by atoms with E-state index in [9.17, 15) is 18.0 Å². The van der Waals surface area contributed by atoms with Gasteiger partial charge in [-0.25, -0.2) is 4.79 Å². The normalized spacial score (nSPS) is 21.9. The zero-order valence-corrected chi connectivity index (χ0v) is 8.05. The fraction of sp³-hybridized carbons (Fsp3) is 0.875. The lowest BCUT2D eigenvalue weighted by Crippen LogP contribution is -2.42. The van der Waals surface area contributed by atoms with Crippen LogP contribution in [0.4, 0.5) is 18.0 Å². The van der Waals surface area contributed by atoms with E-state index in [-0.39, 0.29) is 12.5 Å². The molecule has 2 amide bonds. The molecule has 1 unspecified atom stereocenters. The minimum atomic E-state index is -4.38. The Hall–Kier alpha value is -0.980. The molecule has 2 N–H and O–H groups in total. The van der Waals surface area contributed by atoms with Crippen molar-refractivity contribution in [3.8, 4) is 0 Å². The summed E-state index contributed by atoms with van der Waals surface area (Å²) < 4.78 is 35.3. The molecular weight excluding hydrogens is 213 g/mol. The first-order chi connectivity index (χ1) is 6.92. The Morgan fingerprint density at radius 2 is 2.20 bits per heavy atom. The second-order valence-electron chi connectivity index (χ2n) is 3.56. The van der Waals surface area contributed by atoms with Crippen LogP contribution in [0, 0.1) is 5.92 Å². The van der Waals surface area contributed by atoms with Crippen molar-refractivity contribution in [1.29, 1.82) is 0 Å². The first-order valence-corrected chi connectivity index (χ1v) is 4.63. The Bertz CT molecular complexity index is 232. The van der Waals surface area contributed by atoms with Gasteiger partial charge in [-0.15, -0.1) is 0 Å². The van der Waals surface area contributed by atoms with Gasteiger partial charge in [0.25, 0.3) is 0 Å². The molecule has 1 rings (SSSR count). The highest BCUT2D eigenvalue weighted by Crippen LogP contribution is 2.16. The van der Waals surface area contributed by atoms with Crippen molar-refractivity contribution >= 4 is 6.03 Å². The van der Waals surface area contributed by atoms with Crippen molar-refractivity contribution in [3.05, 3.63) is 0 Å². The number of urea groups is 1. The van der Waals surface area contributed by atoms with Crippen molar-refractivity contribution in [2.24, 2.45) is 5.92 Å². The van der Waals surface area contributed by atoms with E-state index >= 15 is 0 Å². The topological polar surface area (TPSA) is 52.6 Å². The Balaban J connectivity index is 2.30. The summed E-state index contributed by atoms with van der Waals surface area (Å²) in [5, 5.41) is 10.6. The lowest BCUT2D eigenvalue weighted by atomic mass is 10.1. The molecule has 1 aliphatic rings. The van der Waals surface area contributed by atoms with Crippen LogP contribution in [0.1, 0.15) is 6.42 Å². The Morgan fingerprint density at radius 1 is 1.53 bits per heavy atom. The lowest BCUT2D eigenvalue weighted by Gasteiger charge is -2.17. The number of halogens is 3.